The molecule has 5 heteroatoms. The minimum Gasteiger partial charge on any atom is -0.374 e. The Labute approximate surface area is 112 Å². The molecule has 0 aromatic heterocycles. The molecule has 1 heterocycles. The first kappa shape index (κ1) is 14.9. The highest BCUT2D eigenvalue weighted by Crippen LogP contribution is 2.28. The monoisotopic (exact) mass is 307 g/mol. The zero-order valence-corrected chi connectivity index (χ0v) is 12.8. The predicted octanol–water partition coefficient (Wildman–Crippen LogP) is 2.16. The van der Waals surface area contributed by atoms with Gasteiger partial charge in [0.1, 0.15) is 5.72 Å². The van der Waals surface area contributed by atoms with Gasteiger partial charge in [0.25, 0.3) is 0 Å². The molecule has 0 radical (unpaired) electrons. The lowest BCUT2D eigenvalue weighted by atomic mass is 10.1. The zero-order chi connectivity index (χ0) is 13.3. The molecule has 0 bridgehead atoms. The summed E-state index contributed by atoms with van der Waals surface area (Å²) in [5, 5.41) is 0.311. The molecule has 4 nitrogen and oxygen atoms in total. The second-order valence-corrected chi connectivity index (χ2v) is 6.29. The number of carbonyl (C=O) groups excluding carboxylic acids is 1. The van der Waals surface area contributed by atoms with Crippen LogP contribution in [0.15, 0.2) is 0 Å². The van der Waals surface area contributed by atoms with Crippen molar-refractivity contribution in [2.75, 3.05) is 18.5 Å². The van der Waals surface area contributed by atoms with Gasteiger partial charge in [-0.25, -0.2) is 0 Å². The summed E-state index contributed by atoms with van der Waals surface area (Å²) in [6, 6.07) is -0.00530. The molecule has 1 aliphatic heterocycles. The summed E-state index contributed by atoms with van der Waals surface area (Å²) in [5.74, 6) is 0.0370. The van der Waals surface area contributed by atoms with Gasteiger partial charge in [0.15, 0.2) is 0 Å². The molecule has 0 aromatic rings. The second-order valence-electron chi connectivity index (χ2n) is 5.73. The number of nitrogens with zero attached hydrogens (tertiary/aromatic N) is 1. The summed E-state index contributed by atoms with van der Waals surface area (Å²) in [4.78, 5) is 13.7. The Morgan fingerprint density at radius 2 is 2.12 bits per heavy atom. The lowest BCUT2D eigenvalue weighted by molar-refractivity contribution is -0.145. The third-order valence-corrected chi connectivity index (χ3v) is 3.15. The maximum atomic E-state index is 11.9. The first-order valence-corrected chi connectivity index (χ1v) is 6.95. The minimum atomic E-state index is -0.545. The summed E-state index contributed by atoms with van der Waals surface area (Å²) in [7, 11) is 0. The molecule has 0 N–H and O–H groups in total. The van der Waals surface area contributed by atoms with Crippen LogP contribution in [0.1, 0.15) is 34.6 Å². The van der Waals surface area contributed by atoms with Gasteiger partial charge in [-0.2, -0.15) is 0 Å². The van der Waals surface area contributed by atoms with E-state index in [0.717, 1.165) is 0 Å². The van der Waals surface area contributed by atoms with Crippen LogP contribution in [0, 0.1) is 0 Å². The van der Waals surface area contributed by atoms with Crippen LogP contribution in [0.25, 0.3) is 0 Å². The van der Waals surface area contributed by atoms with Gasteiger partial charge < -0.3 is 14.4 Å². The fourth-order valence-electron chi connectivity index (χ4n) is 1.92. The van der Waals surface area contributed by atoms with E-state index >= 15 is 0 Å². The van der Waals surface area contributed by atoms with Crippen molar-refractivity contribution >= 4 is 21.8 Å². The van der Waals surface area contributed by atoms with E-state index in [1.54, 1.807) is 4.90 Å². The van der Waals surface area contributed by atoms with Crippen molar-refractivity contribution in [3.63, 3.8) is 0 Å². The standard InChI is InChI=1S/C12H22BrNO3/c1-11(2,3)16-7-9-8-17-12(4,5)14(9)10(15)6-13/h9H,6-8H2,1-5H3/t9-/m0/s1. The Morgan fingerprint density at radius 1 is 1.53 bits per heavy atom. The molecule has 1 fully saturated rings. The number of hydrogen-bond acceptors (Lipinski definition) is 3. The second kappa shape index (κ2) is 5.24. The molecule has 1 saturated heterocycles. The van der Waals surface area contributed by atoms with Crippen molar-refractivity contribution in [1.82, 2.24) is 4.90 Å². The minimum absolute atomic E-state index is 0.00530. The predicted molar refractivity (Wildman–Crippen MR) is 70.2 cm³/mol. The van der Waals surface area contributed by atoms with Crippen LogP contribution in [-0.4, -0.2) is 46.7 Å². The molecular weight excluding hydrogens is 286 g/mol. The molecular formula is C12H22BrNO3. The maximum Gasteiger partial charge on any atom is 0.235 e. The van der Waals surface area contributed by atoms with Crippen molar-refractivity contribution < 1.29 is 14.3 Å². The number of hydrogen-bond donors (Lipinski definition) is 0. The van der Waals surface area contributed by atoms with Gasteiger partial charge in [-0.05, 0) is 34.6 Å². The van der Waals surface area contributed by atoms with E-state index in [2.05, 4.69) is 15.9 Å². The normalized spacial score (nSPS) is 24.1. The van der Waals surface area contributed by atoms with E-state index in [-0.39, 0.29) is 17.6 Å². The van der Waals surface area contributed by atoms with Gasteiger partial charge in [0.05, 0.1) is 30.2 Å². The number of halogens is 1. The average molecular weight is 308 g/mol. The van der Waals surface area contributed by atoms with Crippen LogP contribution in [0.2, 0.25) is 0 Å². The van der Waals surface area contributed by atoms with E-state index in [0.29, 0.717) is 18.5 Å². The Balaban J connectivity index is 2.69. The van der Waals surface area contributed by atoms with Crippen molar-refractivity contribution in [2.45, 2.75) is 52.0 Å². The van der Waals surface area contributed by atoms with E-state index in [9.17, 15) is 4.79 Å². The zero-order valence-electron chi connectivity index (χ0n) is 11.2. The lowest BCUT2D eigenvalue weighted by Gasteiger charge is -2.34. The molecule has 17 heavy (non-hydrogen) atoms. The Hall–Kier alpha value is -0.130. The molecule has 1 amide bonds. The SMILES string of the molecule is CC(C)(C)OC[C@H]1COC(C)(C)N1C(=O)CBr. The summed E-state index contributed by atoms with van der Waals surface area (Å²) in [6.07, 6.45) is 0. The molecule has 1 aliphatic rings. The fourth-order valence-corrected chi connectivity index (χ4v) is 2.19. The average Bonchev–Trinajstić information content (AvgIpc) is 2.49. The largest absolute Gasteiger partial charge is 0.374 e. The van der Waals surface area contributed by atoms with Crippen LogP contribution in [-0.2, 0) is 14.3 Å². The first-order chi connectivity index (χ1) is 7.67. The lowest BCUT2D eigenvalue weighted by Crippen LogP contribution is -2.50. The van der Waals surface area contributed by atoms with Gasteiger partial charge in [0.2, 0.25) is 5.91 Å². The highest BCUT2D eigenvalue weighted by Gasteiger charge is 2.43. The maximum absolute atomic E-state index is 11.9. The van der Waals surface area contributed by atoms with E-state index in [1.165, 1.54) is 0 Å². The van der Waals surface area contributed by atoms with Crippen LogP contribution >= 0.6 is 15.9 Å². The van der Waals surface area contributed by atoms with Crippen LogP contribution in [0.4, 0.5) is 0 Å². The van der Waals surface area contributed by atoms with Crippen LogP contribution in [0.3, 0.4) is 0 Å². The third-order valence-electron chi connectivity index (χ3n) is 2.67. The van der Waals surface area contributed by atoms with Gasteiger partial charge in [0, 0.05) is 0 Å². The number of carbonyl (C=O) groups is 1. The highest BCUT2D eigenvalue weighted by molar-refractivity contribution is 9.09. The number of amides is 1. The van der Waals surface area contributed by atoms with Gasteiger partial charge in [-0.15, -0.1) is 0 Å². The van der Waals surface area contributed by atoms with Crippen molar-refractivity contribution in [1.29, 1.82) is 0 Å². The molecule has 0 unspecified atom stereocenters. The molecule has 1 rings (SSSR count). The first-order valence-electron chi connectivity index (χ1n) is 5.83. The number of ether oxygens (including phenoxy) is 2. The molecule has 1 atom stereocenters. The Kier molecular flexibility index (Phi) is 4.60. The van der Waals surface area contributed by atoms with Gasteiger partial charge in [-0.1, -0.05) is 15.9 Å². The van der Waals surface area contributed by atoms with Crippen molar-refractivity contribution in [3.8, 4) is 0 Å². The van der Waals surface area contributed by atoms with E-state index in [1.807, 2.05) is 34.6 Å². The summed E-state index contributed by atoms with van der Waals surface area (Å²) < 4.78 is 11.4. The van der Waals surface area contributed by atoms with Gasteiger partial charge in [-0.3, -0.25) is 4.79 Å². The summed E-state index contributed by atoms with van der Waals surface area (Å²) in [6.45, 7) is 10.9. The quantitative estimate of drug-likeness (QED) is 0.750. The molecule has 0 spiro atoms. The topological polar surface area (TPSA) is 38.8 Å². The summed E-state index contributed by atoms with van der Waals surface area (Å²) in [5.41, 5.74) is -0.743. The summed E-state index contributed by atoms with van der Waals surface area (Å²) >= 11 is 3.21. The molecule has 100 valence electrons. The van der Waals surface area contributed by atoms with Crippen LogP contribution in [0.5, 0.6) is 0 Å². The Bertz CT molecular complexity index is 286. The van der Waals surface area contributed by atoms with Crippen LogP contribution < -0.4 is 0 Å². The third kappa shape index (κ3) is 3.93. The smallest absolute Gasteiger partial charge is 0.235 e. The van der Waals surface area contributed by atoms with E-state index < -0.39 is 5.72 Å². The van der Waals surface area contributed by atoms with Crippen molar-refractivity contribution in [3.05, 3.63) is 0 Å². The molecule has 0 aromatic carbocycles. The fraction of sp³-hybridized carbons (Fsp3) is 0.917. The number of rotatable bonds is 3. The Morgan fingerprint density at radius 3 is 2.59 bits per heavy atom. The van der Waals surface area contributed by atoms with E-state index in [4.69, 9.17) is 9.47 Å². The molecule has 0 aliphatic carbocycles. The number of alkyl halides is 1. The molecule has 0 saturated carbocycles. The highest BCUT2D eigenvalue weighted by atomic mass is 79.9. The van der Waals surface area contributed by atoms with Crippen molar-refractivity contribution in [2.24, 2.45) is 0 Å². The van der Waals surface area contributed by atoms with Gasteiger partial charge >= 0.3 is 0 Å².